The average molecular weight is 247 g/mol. The van der Waals surface area contributed by atoms with Crippen molar-refractivity contribution in [2.45, 2.75) is 24.9 Å². The van der Waals surface area contributed by atoms with Gasteiger partial charge in [0.15, 0.2) is 0 Å². The van der Waals surface area contributed by atoms with Gasteiger partial charge in [0.05, 0.1) is 0 Å². The summed E-state index contributed by atoms with van der Waals surface area (Å²) in [6.07, 6.45) is 2.53. The molecule has 1 atom stereocenters. The van der Waals surface area contributed by atoms with Crippen molar-refractivity contribution in [3.63, 3.8) is 0 Å². The molecular formula is C15H25N3. The minimum absolute atomic E-state index is 0.408. The van der Waals surface area contributed by atoms with Crippen molar-refractivity contribution in [3.8, 4) is 0 Å². The van der Waals surface area contributed by atoms with Gasteiger partial charge in [0.1, 0.15) is 0 Å². The second kappa shape index (κ2) is 6.88. The van der Waals surface area contributed by atoms with Gasteiger partial charge in [-0.05, 0) is 45.6 Å². The van der Waals surface area contributed by atoms with Crippen molar-refractivity contribution in [2.75, 3.05) is 33.7 Å². The normalized spacial score (nSPS) is 19.9. The molecule has 0 amide bonds. The topological polar surface area (TPSA) is 27.3 Å². The van der Waals surface area contributed by atoms with Crippen LogP contribution in [0.5, 0.6) is 0 Å². The Labute approximate surface area is 111 Å². The van der Waals surface area contributed by atoms with Crippen LogP contribution >= 0.6 is 0 Å². The summed E-state index contributed by atoms with van der Waals surface area (Å²) in [6, 6.07) is 11.8. The van der Waals surface area contributed by atoms with Gasteiger partial charge in [0.2, 0.25) is 0 Å². The molecule has 1 heterocycles. The largest absolute Gasteiger partial charge is 0.312 e. The molecule has 1 aromatic carbocycles. The Hall–Kier alpha value is -0.900. The van der Waals surface area contributed by atoms with Gasteiger partial charge >= 0.3 is 0 Å². The molecule has 0 bridgehead atoms. The van der Waals surface area contributed by atoms with Gasteiger partial charge in [-0.1, -0.05) is 30.3 Å². The maximum atomic E-state index is 3.70. The summed E-state index contributed by atoms with van der Waals surface area (Å²) in [7, 11) is 4.24. The summed E-state index contributed by atoms with van der Waals surface area (Å²) in [5.74, 6) is 0. The van der Waals surface area contributed by atoms with Gasteiger partial charge in [-0.25, -0.2) is 0 Å². The fraction of sp³-hybridized carbons (Fsp3) is 0.600. The van der Waals surface area contributed by atoms with E-state index < -0.39 is 0 Å². The first-order chi connectivity index (χ1) is 8.79. The summed E-state index contributed by atoms with van der Waals surface area (Å²) < 4.78 is 0. The van der Waals surface area contributed by atoms with Crippen molar-refractivity contribution in [1.29, 1.82) is 0 Å². The van der Waals surface area contributed by atoms with E-state index >= 15 is 0 Å². The Morgan fingerprint density at radius 2 is 1.89 bits per heavy atom. The minimum Gasteiger partial charge on any atom is -0.312 e. The average Bonchev–Trinajstić information content (AvgIpc) is 2.43. The van der Waals surface area contributed by atoms with Crippen molar-refractivity contribution < 1.29 is 0 Å². The maximum absolute atomic E-state index is 3.70. The molecule has 0 spiro atoms. The van der Waals surface area contributed by atoms with Crippen LogP contribution in [0.4, 0.5) is 0 Å². The highest BCUT2D eigenvalue weighted by Crippen LogP contribution is 2.13. The highest BCUT2D eigenvalue weighted by molar-refractivity contribution is 5.19. The molecule has 100 valence electrons. The SMILES string of the molecule is CN[C@H](CNC1CCN(C)CC1)c1ccccc1. The van der Waals surface area contributed by atoms with Gasteiger partial charge in [0, 0.05) is 18.6 Å². The van der Waals surface area contributed by atoms with E-state index in [2.05, 4.69) is 52.9 Å². The number of hydrogen-bond acceptors (Lipinski definition) is 3. The first-order valence-corrected chi connectivity index (χ1v) is 6.93. The second-order valence-corrected chi connectivity index (χ2v) is 5.24. The fourth-order valence-electron chi connectivity index (χ4n) is 2.57. The summed E-state index contributed by atoms with van der Waals surface area (Å²) in [4.78, 5) is 2.41. The predicted octanol–water partition coefficient (Wildman–Crippen LogP) is 1.63. The van der Waals surface area contributed by atoms with Crippen LogP contribution in [-0.4, -0.2) is 44.7 Å². The molecule has 3 heteroatoms. The number of hydrogen-bond donors (Lipinski definition) is 2. The van der Waals surface area contributed by atoms with Crippen LogP contribution < -0.4 is 10.6 Å². The first-order valence-electron chi connectivity index (χ1n) is 6.93. The van der Waals surface area contributed by atoms with Gasteiger partial charge in [-0.2, -0.15) is 0 Å². The molecule has 1 fully saturated rings. The third kappa shape index (κ3) is 3.80. The number of likely N-dealkylation sites (tertiary alicyclic amines) is 1. The zero-order valence-corrected chi connectivity index (χ0v) is 11.5. The molecule has 1 aliphatic heterocycles. The first kappa shape index (κ1) is 13.5. The lowest BCUT2D eigenvalue weighted by molar-refractivity contribution is 0.232. The lowest BCUT2D eigenvalue weighted by atomic mass is 10.0. The minimum atomic E-state index is 0.408. The van der Waals surface area contributed by atoms with Crippen LogP contribution in [-0.2, 0) is 0 Å². The van der Waals surface area contributed by atoms with Gasteiger partial charge < -0.3 is 15.5 Å². The number of rotatable bonds is 5. The molecule has 0 saturated carbocycles. The van der Waals surface area contributed by atoms with Crippen LogP contribution in [0.2, 0.25) is 0 Å². The highest BCUT2D eigenvalue weighted by atomic mass is 15.1. The molecule has 3 nitrogen and oxygen atoms in total. The van der Waals surface area contributed by atoms with E-state index in [1.54, 1.807) is 0 Å². The molecular weight excluding hydrogens is 222 g/mol. The van der Waals surface area contributed by atoms with E-state index in [0.717, 1.165) is 6.54 Å². The molecule has 1 saturated heterocycles. The third-order valence-electron chi connectivity index (χ3n) is 3.88. The number of nitrogens with zero attached hydrogens (tertiary/aromatic N) is 1. The van der Waals surface area contributed by atoms with E-state index in [1.807, 2.05) is 7.05 Å². The summed E-state index contributed by atoms with van der Waals surface area (Å²) in [6.45, 7) is 3.44. The Balaban J connectivity index is 1.81. The molecule has 1 aromatic rings. The number of piperidine rings is 1. The van der Waals surface area contributed by atoms with E-state index in [4.69, 9.17) is 0 Å². The van der Waals surface area contributed by atoms with E-state index in [-0.39, 0.29) is 0 Å². The third-order valence-corrected chi connectivity index (χ3v) is 3.88. The van der Waals surface area contributed by atoms with Crippen molar-refractivity contribution in [1.82, 2.24) is 15.5 Å². The van der Waals surface area contributed by atoms with Crippen LogP contribution in [0.3, 0.4) is 0 Å². The molecule has 0 aromatic heterocycles. The molecule has 18 heavy (non-hydrogen) atoms. The van der Waals surface area contributed by atoms with Crippen LogP contribution in [0.15, 0.2) is 30.3 Å². The lowest BCUT2D eigenvalue weighted by Gasteiger charge is -2.31. The van der Waals surface area contributed by atoms with Crippen LogP contribution in [0.1, 0.15) is 24.4 Å². The molecule has 2 rings (SSSR count). The fourth-order valence-corrected chi connectivity index (χ4v) is 2.57. The summed E-state index contributed by atoms with van der Waals surface area (Å²) >= 11 is 0. The molecule has 1 aliphatic rings. The molecule has 0 radical (unpaired) electrons. The summed E-state index contributed by atoms with van der Waals surface area (Å²) in [5.41, 5.74) is 1.36. The number of likely N-dealkylation sites (N-methyl/N-ethyl adjacent to an activating group) is 1. The zero-order chi connectivity index (χ0) is 12.8. The van der Waals surface area contributed by atoms with Crippen LogP contribution in [0.25, 0.3) is 0 Å². The standard InChI is InChI=1S/C15H25N3/c1-16-15(13-6-4-3-5-7-13)12-17-14-8-10-18(2)11-9-14/h3-7,14-17H,8-12H2,1-2H3/t15-/m1/s1. The second-order valence-electron chi connectivity index (χ2n) is 5.24. The smallest absolute Gasteiger partial charge is 0.0444 e. The van der Waals surface area contributed by atoms with Gasteiger partial charge in [-0.15, -0.1) is 0 Å². The Morgan fingerprint density at radius 3 is 2.50 bits per heavy atom. The number of benzene rings is 1. The zero-order valence-electron chi connectivity index (χ0n) is 11.5. The number of nitrogens with one attached hydrogen (secondary N) is 2. The van der Waals surface area contributed by atoms with Gasteiger partial charge in [0.25, 0.3) is 0 Å². The maximum Gasteiger partial charge on any atom is 0.0444 e. The molecule has 2 N–H and O–H groups in total. The van der Waals surface area contributed by atoms with Crippen molar-refractivity contribution >= 4 is 0 Å². The molecule has 0 aliphatic carbocycles. The Bertz CT molecular complexity index is 331. The lowest BCUT2D eigenvalue weighted by Crippen LogP contribution is -2.43. The molecule has 0 unspecified atom stereocenters. The van der Waals surface area contributed by atoms with Gasteiger partial charge in [-0.3, -0.25) is 0 Å². The Kier molecular flexibility index (Phi) is 5.17. The van der Waals surface area contributed by atoms with Crippen molar-refractivity contribution in [2.24, 2.45) is 0 Å². The van der Waals surface area contributed by atoms with E-state index in [0.29, 0.717) is 12.1 Å². The van der Waals surface area contributed by atoms with E-state index in [9.17, 15) is 0 Å². The van der Waals surface area contributed by atoms with Crippen molar-refractivity contribution in [3.05, 3.63) is 35.9 Å². The monoisotopic (exact) mass is 247 g/mol. The summed E-state index contributed by atoms with van der Waals surface area (Å²) in [5, 5.41) is 7.10. The highest BCUT2D eigenvalue weighted by Gasteiger charge is 2.17. The predicted molar refractivity (Wildman–Crippen MR) is 76.8 cm³/mol. The quantitative estimate of drug-likeness (QED) is 0.828. The van der Waals surface area contributed by atoms with E-state index in [1.165, 1.54) is 31.5 Å². The Morgan fingerprint density at radius 1 is 1.22 bits per heavy atom. The van der Waals surface area contributed by atoms with Crippen LogP contribution in [0, 0.1) is 0 Å².